The molecular formula is C14H24N2O4. The van der Waals surface area contributed by atoms with E-state index in [2.05, 4.69) is 5.32 Å². The number of carboxylic acids is 1. The molecule has 2 saturated carbocycles. The monoisotopic (exact) mass is 284 g/mol. The van der Waals surface area contributed by atoms with Gasteiger partial charge >= 0.3 is 12.0 Å². The van der Waals surface area contributed by atoms with Gasteiger partial charge < -0.3 is 20.4 Å². The van der Waals surface area contributed by atoms with Crippen LogP contribution in [0.5, 0.6) is 0 Å². The Balaban J connectivity index is 2.00. The SMILES string of the molecule is CCCN(CCO)C(=O)NC1C2CCC(C2)C1C(=O)O. The second-order valence-corrected chi connectivity index (χ2v) is 5.88. The summed E-state index contributed by atoms with van der Waals surface area (Å²) in [6.45, 7) is 2.75. The summed E-state index contributed by atoms with van der Waals surface area (Å²) in [5.74, 6) is -0.745. The van der Waals surface area contributed by atoms with Crippen molar-refractivity contribution in [3.05, 3.63) is 0 Å². The fourth-order valence-electron chi connectivity index (χ4n) is 3.79. The van der Waals surface area contributed by atoms with Crippen molar-refractivity contribution in [3.63, 3.8) is 0 Å². The standard InChI is InChI=1S/C14H24N2O4/c1-2-5-16(6-7-17)14(20)15-12-10-4-3-9(8-10)11(12)13(18)19/h9-12,17H,2-8H2,1H3,(H,15,20)(H,18,19). The van der Waals surface area contributed by atoms with E-state index in [0.717, 1.165) is 25.7 Å². The highest BCUT2D eigenvalue weighted by atomic mass is 16.4. The number of carbonyl (C=O) groups excluding carboxylic acids is 1. The minimum atomic E-state index is -0.799. The van der Waals surface area contributed by atoms with Crippen LogP contribution in [-0.2, 0) is 4.79 Å². The van der Waals surface area contributed by atoms with Crippen LogP contribution in [0.2, 0.25) is 0 Å². The number of hydrogen-bond donors (Lipinski definition) is 3. The van der Waals surface area contributed by atoms with Crippen molar-refractivity contribution < 1.29 is 19.8 Å². The first-order chi connectivity index (χ1) is 9.58. The molecule has 4 unspecified atom stereocenters. The van der Waals surface area contributed by atoms with Crippen molar-refractivity contribution >= 4 is 12.0 Å². The van der Waals surface area contributed by atoms with Crippen molar-refractivity contribution in [1.29, 1.82) is 0 Å². The van der Waals surface area contributed by atoms with E-state index >= 15 is 0 Å². The number of nitrogens with one attached hydrogen (secondary N) is 1. The maximum atomic E-state index is 12.2. The van der Waals surface area contributed by atoms with Gasteiger partial charge in [-0.3, -0.25) is 4.79 Å². The predicted molar refractivity (Wildman–Crippen MR) is 73.2 cm³/mol. The van der Waals surface area contributed by atoms with E-state index < -0.39 is 11.9 Å². The van der Waals surface area contributed by atoms with Gasteiger partial charge in [-0.2, -0.15) is 0 Å². The Kier molecular flexibility index (Phi) is 4.86. The molecule has 2 bridgehead atoms. The maximum absolute atomic E-state index is 12.2. The van der Waals surface area contributed by atoms with Gasteiger partial charge in [-0.1, -0.05) is 6.92 Å². The van der Waals surface area contributed by atoms with Gasteiger partial charge in [-0.25, -0.2) is 4.79 Å². The third-order valence-corrected chi connectivity index (χ3v) is 4.64. The number of aliphatic hydroxyl groups excluding tert-OH is 1. The van der Waals surface area contributed by atoms with E-state index in [1.54, 1.807) is 4.90 Å². The lowest BCUT2D eigenvalue weighted by Gasteiger charge is -2.31. The molecule has 2 aliphatic carbocycles. The van der Waals surface area contributed by atoms with Gasteiger partial charge in [0.2, 0.25) is 0 Å². The molecule has 0 heterocycles. The van der Waals surface area contributed by atoms with Crippen LogP contribution in [0.4, 0.5) is 4.79 Å². The second-order valence-electron chi connectivity index (χ2n) is 5.88. The number of carbonyl (C=O) groups is 2. The van der Waals surface area contributed by atoms with Crippen LogP contribution in [0.25, 0.3) is 0 Å². The summed E-state index contributed by atoms with van der Waals surface area (Å²) in [6, 6.07) is -0.499. The van der Waals surface area contributed by atoms with Gasteiger partial charge in [0.05, 0.1) is 12.5 Å². The summed E-state index contributed by atoms with van der Waals surface area (Å²) in [5, 5.41) is 21.3. The van der Waals surface area contributed by atoms with Gasteiger partial charge in [0.15, 0.2) is 0 Å². The van der Waals surface area contributed by atoms with E-state index in [1.807, 2.05) is 6.92 Å². The van der Waals surface area contributed by atoms with Crippen molar-refractivity contribution in [2.75, 3.05) is 19.7 Å². The minimum Gasteiger partial charge on any atom is -0.481 e. The molecule has 114 valence electrons. The number of nitrogens with zero attached hydrogens (tertiary/aromatic N) is 1. The Hall–Kier alpha value is -1.30. The molecule has 3 N–H and O–H groups in total. The summed E-state index contributed by atoms with van der Waals surface area (Å²) in [4.78, 5) is 25.2. The Bertz CT molecular complexity index is 368. The Labute approximate surface area is 119 Å². The van der Waals surface area contributed by atoms with E-state index in [0.29, 0.717) is 12.5 Å². The number of aliphatic hydroxyl groups is 1. The highest BCUT2D eigenvalue weighted by molar-refractivity contribution is 5.77. The average molecular weight is 284 g/mol. The molecule has 0 aromatic heterocycles. The minimum absolute atomic E-state index is 0.0769. The zero-order chi connectivity index (χ0) is 14.7. The quantitative estimate of drug-likeness (QED) is 0.676. The van der Waals surface area contributed by atoms with Gasteiger partial charge in [0.25, 0.3) is 0 Å². The van der Waals surface area contributed by atoms with E-state index in [1.165, 1.54) is 0 Å². The maximum Gasteiger partial charge on any atom is 0.317 e. The normalized spacial score (nSPS) is 31.3. The lowest BCUT2D eigenvalue weighted by Crippen LogP contribution is -2.52. The van der Waals surface area contributed by atoms with Crippen molar-refractivity contribution in [2.45, 2.75) is 38.6 Å². The largest absolute Gasteiger partial charge is 0.481 e. The number of carboxylic acid groups (broad SMARTS) is 1. The molecule has 2 rings (SSSR count). The number of fused-ring (bicyclic) bond motifs is 2. The molecule has 2 aliphatic rings. The van der Waals surface area contributed by atoms with Crippen LogP contribution in [-0.4, -0.2) is 52.9 Å². The van der Waals surface area contributed by atoms with Crippen LogP contribution in [0, 0.1) is 17.8 Å². The molecule has 0 saturated heterocycles. The smallest absolute Gasteiger partial charge is 0.317 e. The summed E-state index contributed by atoms with van der Waals surface area (Å²) >= 11 is 0. The van der Waals surface area contributed by atoms with Crippen LogP contribution in [0.15, 0.2) is 0 Å². The molecule has 0 aromatic carbocycles. The zero-order valence-corrected chi connectivity index (χ0v) is 11.9. The highest BCUT2D eigenvalue weighted by Gasteiger charge is 2.51. The van der Waals surface area contributed by atoms with Crippen LogP contribution in [0.3, 0.4) is 0 Å². The van der Waals surface area contributed by atoms with E-state index in [4.69, 9.17) is 5.11 Å². The highest BCUT2D eigenvalue weighted by Crippen LogP contribution is 2.48. The van der Waals surface area contributed by atoms with Gasteiger partial charge in [-0.15, -0.1) is 0 Å². The first-order valence-electron chi connectivity index (χ1n) is 7.47. The summed E-state index contributed by atoms with van der Waals surface area (Å²) in [7, 11) is 0. The molecule has 6 nitrogen and oxygen atoms in total. The predicted octanol–water partition coefficient (Wildman–Crippen LogP) is 0.900. The number of amides is 2. The van der Waals surface area contributed by atoms with Gasteiger partial charge in [0, 0.05) is 19.1 Å². The summed E-state index contributed by atoms with van der Waals surface area (Å²) in [6.07, 6.45) is 3.69. The Morgan fingerprint density at radius 2 is 1.95 bits per heavy atom. The number of aliphatic carboxylic acids is 1. The number of rotatable bonds is 6. The molecule has 20 heavy (non-hydrogen) atoms. The fourth-order valence-corrected chi connectivity index (χ4v) is 3.79. The van der Waals surface area contributed by atoms with Crippen LogP contribution in [0.1, 0.15) is 32.6 Å². The molecule has 2 amide bonds. The van der Waals surface area contributed by atoms with Crippen molar-refractivity contribution in [1.82, 2.24) is 10.2 Å². The summed E-state index contributed by atoms with van der Waals surface area (Å²) in [5.41, 5.74) is 0. The lowest BCUT2D eigenvalue weighted by atomic mass is 9.84. The Morgan fingerprint density at radius 1 is 1.25 bits per heavy atom. The molecule has 0 aliphatic heterocycles. The topological polar surface area (TPSA) is 89.9 Å². The number of urea groups is 1. The van der Waals surface area contributed by atoms with E-state index in [9.17, 15) is 14.7 Å². The molecule has 2 fully saturated rings. The molecule has 6 heteroatoms. The third-order valence-electron chi connectivity index (χ3n) is 4.64. The fraction of sp³-hybridized carbons (Fsp3) is 0.857. The molecule has 0 radical (unpaired) electrons. The summed E-state index contributed by atoms with van der Waals surface area (Å²) < 4.78 is 0. The molecule has 0 aromatic rings. The van der Waals surface area contributed by atoms with Crippen molar-refractivity contribution in [3.8, 4) is 0 Å². The molecule has 4 atom stereocenters. The molecular weight excluding hydrogens is 260 g/mol. The van der Waals surface area contributed by atoms with E-state index in [-0.39, 0.29) is 31.1 Å². The van der Waals surface area contributed by atoms with Crippen LogP contribution < -0.4 is 5.32 Å². The van der Waals surface area contributed by atoms with Crippen molar-refractivity contribution in [2.24, 2.45) is 17.8 Å². The van der Waals surface area contributed by atoms with Gasteiger partial charge in [-0.05, 0) is 37.5 Å². The van der Waals surface area contributed by atoms with Crippen LogP contribution >= 0.6 is 0 Å². The average Bonchev–Trinajstić information content (AvgIpc) is 2.98. The first kappa shape index (κ1) is 15.1. The lowest BCUT2D eigenvalue weighted by molar-refractivity contribution is -0.144. The third kappa shape index (κ3) is 2.90. The molecule has 0 spiro atoms. The Morgan fingerprint density at radius 3 is 2.55 bits per heavy atom. The van der Waals surface area contributed by atoms with Gasteiger partial charge in [0.1, 0.15) is 0 Å². The zero-order valence-electron chi connectivity index (χ0n) is 11.9. The number of hydrogen-bond acceptors (Lipinski definition) is 3. The first-order valence-corrected chi connectivity index (χ1v) is 7.47. The second kappa shape index (κ2) is 6.43.